The van der Waals surface area contributed by atoms with Crippen molar-refractivity contribution in [3.8, 4) is 11.8 Å². The van der Waals surface area contributed by atoms with Gasteiger partial charge in [0.05, 0.1) is 24.8 Å². The first-order valence-corrected chi connectivity index (χ1v) is 5.42. The van der Waals surface area contributed by atoms with E-state index in [1.54, 1.807) is 24.3 Å². The summed E-state index contributed by atoms with van der Waals surface area (Å²) in [6, 6.07) is 8.82. The average molecular weight is 236 g/mol. The van der Waals surface area contributed by atoms with Gasteiger partial charge in [0.2, 0.25) is 0 Å². The molecule has 5 nitrogen and oxygen atoms in total. The van der Waals surface area contributed by atoms with Gasteiger partial charge in [-0.05, 0) is 25.1 Å². The molecule has 0 bridgehead atoms. The zero-order valence-electron chi connectivity index (χ0n) is 9.72. The van der Waals surface area contributed by atoms with Crippen LogP contribution >= 0.6 is 0 Å². The quantitative estimate of drug-likeness (QED) is 0.542. The SMILES string of the molecule is CCONCC(O)COc1cccc(C#N)c1. The first kappa shape index (κ1) is 13.5. The van der Waals surface area contributed by atoms with Crippen LogP contribution in [0.3, 0.4) is 0 Å². The summed E-state index contributed by atoms with van der Waals surface area (Å²) in [6.45, 7) is 2.84. The van der Waals surface area contributed by atoms with Crippen molar-refractivity contribution >= 4 is 0 Å². The predicted molar refractivity (Wildman–Crippen MR) is 62.3 cm³/mol. The number of aliphatic hydroxyl groups is 1. The number of nitriles is 1. The van der Waals surface area contributed by atoms with E-state index in [1.165, 1.54) is 0 Å². The van der Waals surface area contributed by atoms with Gasteiger partial charge in [0, 0.05) is 0 Å². The van der Waals surface area contributed by atoms with Crippen LogP contribution in [-0.2, 0) is 4.84 Å². The molecule has 17 heavy (non-hydrogen) atoms. The maximum atomic E-state index is 9.53. The van der Waals surface area contributed by atoms with Gasteiger partial charge < -0.3 is 14.7 Å². The number of hydrogen-bond acceptors (Lipinski definition) is 5. The topological polar surface area (TPSA) is 74.5 Å². The summed E-state index contributed by atoms with van der Waals surface area (Å²) in [5.41, 5.74) is 3.14. The van der Waals surface area contributed by atoms with Crippen LogP contribution in [0.25, 0.3) is 0 Å². The highest BCUT2D eigenvalue weighted by Crippen LogP contribution is 2.12. The highest BCUT2D eigenvalue weighted by molar-refractivity contribution is 5.36. The summed E-state index contributed by atoms with van der Waals surface area (Å²) >= 11 is 0. The summed E-state index contributed by atoms with van der Waals surface area (Å²) in [5, 5.41) is 18.2. The van der Waals surface area contributed by atoms with Crippen molar-refractivity contribution in [2.24, 2.45) is 0 Å². The standard InChI is InChI=1S/C12H16N2O3/c1-2-17-14-8-11(15)9-16-12-5-3-4-10(6-12)7-13/h3-6,11,14-15H,2,8-9H2,1H3. The fourth-order valence-corrected chi connectivity index (χ4v) is 1.16. The Kier molecular flexibility index (Phi) is 6.04. The second kappa shape index (κ2) is 7.63. The van der Waals surface area contributed by atoms with Crippen LogP contribution in [0, 0.1) is 11.3 Å². The lowest BCUT2D eigenvalue weighted by Gasteiger charge is -2.12. The molecule has 0 amide bonds. The molecule has 0 saturated heterocycles. The van der Waals surface area contributed by atoms with Crippen molar-refractivity contribution in [2.75, 3.05) is 19.8 Å². The number of ether oxygens (including phenoxy) is 1. The van der Waals surface area contributed by atoms with Gasteiger partial charge in [-0.1, -0.05) is 6.07 Å². The average Bonchev–Trinajstić information content (AvgIpc) is 2.37. The van der Waals surface area contributed by atoms with E-state index in [0.29, 0.717) is 24.5 Å². The van der Waals surface area contributed by atoms with E-state index in [-0.39, 0.29) is 6.61 Å². The molecule has 0 saturated carbocycles. The molecule has 0 aliphatic carbocycles. The smallest absolute Gasteiger partial charge is 0.120 e. The maximum Gasteiger partial charge on any atom is 0.120 e. The molecule has 1 unspecified atom stereocenters. The first-order chi connectivity index (χ1) is 8.26. The minimum Gasteiger partial charge on any atom is -0.491 e. The molecular formula is C12H16N2O3. The van der Waals surface area contributed by atoms with Crippen LogP contribution in [0.1, 0.15) is 12.5 Å². The van der Waals surface area contributed by atoms with Crippen molar-refractivity contribution in [1.29, 1.82) is 5.26 Å². The monoisotopic (exact) mass is 236 g/mol. The third kappa shape index (κ3) is 5.31. The Morgan fingerprint density at radius 2 is 2.35 bits per heavy atom. The molecule has 0 radical (unpaired) electrons. The van der Waals surface area contributed by atoms with E-state index < -0.39 is 6.10 Å². The second-order valence-electron chi connectivity index (χ2n) is 3.39. The lowest BCUT2D eigenvalue weighted by Crippen LogP contribution is -2.31. The van der Waals surface area contributed by atoms with Gasteiger partial charge >= 0.3 is 0 Å². The zero-order valence-corrected chi connectivity index (χ0v) is 9.72. The fraction of sp³-hybridized carbons (Fsp3) is 0.417. The van der Waals surface area contributed by atoms with Gasteiger partial charge in [-0.15, -0.1) is 0 Å². The Bertz CT molecular complexity index is 376. The first-order valence-electron chi connectivity index (χ1n) is 5.42. The molecule has 0 spiro atoms. The van der Waals surface area contributed by atoms with Gasteiger partial charge in [0.15, 0.2) is 0 Å². The lowest BCUT2D eigenvalue weighted by atomic mass is 10.2. The third-order valence-corrected chi connectivity index (χ3v) is 1.97. The Labute approximate surface area is 101 Å². The fourth-order valence-electron chi connectivity index (χ4n) is 1.16. The lowest BCUT2D eigenvalue weighted by molar-refractivity contribution is 0.00949. The summed E-state index contributed by atoms with van der Waals surface area (Å²) < 4.78 is 5.34. The highest BCUT2D eigenvalue weighted by Gasteiger charge is 2.05. The Hall–Kier alpha value is -1.61. The van der Waals surface area contributed by atoms with Crippen LogP contribution in [0.15, 0.2) is 24.3 Å². The van der Waals surface area contributed by atoms with Crippen LogP contribution in [0.4, 0.5) is 0 Å². The van der Waals surface area contributed by atoms with Crippen molar-refractivity contribution < 1.29 is 14.7 Å². The maximum absolute atomic E-state index is 9.53. The highest BCUT2D eigenvalue weighted by atomic mass is 16.6. The van der Waals surface area contributed by atoms with Crippen molar-refractivity contribution in [3.05, 3.63) is 29.8 Å². The molecule has 0 aliphatic rings. The molecule has 0 fully saturated rings. The molecule has 92 valence electrons. The van der Waals surface area contributed by atoms with Crippen LogP contribution < -0.4 is 10.2 Å². The van der Waals surface area contributed by atoms with Gasteiger partial charge in [-0.25, -0.2) is 0 Å². The second-order valence-corrected chi connectivity index (χ2v) is 3.39. The molecule has 0 aromatic heterocycles. The van der Waals surface area contributed by atoms with Crippen molar-refractivity contribution in [3.63, 3.8) is 0 Å². The summed E-state index contributed by atoms with van der Waals surface area (Å²) in [5.74, 6) is 0.569. The van der Waals surface area contributed by atoms with Crippen LogP contribution in [0.2, 0.25) is 0 Å². The molecule has 1 atom stereocenters. The van der Waals surface area contributed by atoms with E-state index in [2.05, 4.69) is 5.48 Å². The largest absolute Gasteiger partial charge is 0.491 e. The third-order valence-electron chi connectivity index (χ3n) is 1.97. The number of aliphatic hydroxyl groups excluding tert-OH is 1. The molecule has 1 aromatic rings. The Morgan fingerprint density at radius 3 is 3.06 bits per heavy atom. The van der Waals surface area contributed by atoms with Gasteiger partial charge in [-0.2, -0.15) is 10.7 Å². The summed E-state index contributed by atoms with van der Waals surface area (Å²) in [6.07, 6.45) is -0.660. The van der Waals surface area contributed by atoms with Gasteiger partial charge in [0.1, 0.15) is 18.5 Å². The molecule has 1 rings (SSSR count). The molecule has 0 aliphatic heterocycles. The number of benzene rings is 1. The summed E-state index contributed by atoms with van der Waals surface area (Å²) in [4.78, 5) is 4.88. The van der Waals surface area contributed by atoms with E-state index in [0.717, 1.165) is 0 Å². The molecule has 5 heteroatoms. The number of hydroxylamine groups is 1. The number of nitrogens with one attached hydrogen (secondary N) is 1. The van der Waals surface area contributed by atoms with E-state index >= 15 is 0 Å². The Balaban J connectivity index is 2.32. The van der Waals surface area contributed by atoms with Gasteiger partial charge in [-0.3, -0.25) is 0 Å². The minimum absolute atomic E-state index is 0.148. The normalized spacial score (nSPS) is 11.8. The predicted octanol–water partition coefficient (Wildman–Crippen LogP) is 0.839. The molecular weight excluding hydrogens is 220 g/mol. The van der Waals surface area contributed by atoms with Crippen LogP contribution in [-0.4, -0.2) is 31.0 Å². The molecule has 0 heterocycles. The molecule has 1 aromatic carbocycles. The van der Waals surface area contributed by atoms with Crippen molar-refractivity contribution in [2.45, 2.75) is 13.0 Å². The number of rotatable bonds is 7. The summed E-state index contributed by atoms with van der Waals surface area (Å²) in [7, 11) is 0. The molecule has 2 N–H and O–H groups in total. The number of nitrogens with zero attached hydrogens (tertiary/aromatic N) is 1. The van der Waals surface area contributed by atoms with E-state index in [1.807, 2.05) is 13.0 Å². The van der Waals surface area contributed by atoms with Gasteiger partial charge in [0.25, 0.3) is 0 Å². The Morgan fingerprint density at radius 1 is 1.53 bits per heavy atom. The van der Waals surface area contributed by atoms with E-state index in [4.69, 9.17) is 14.8 Å². The van der Waals surface area contributed by atoms with Crippen LogP contribution in [0.5, 0.6) is 5.75 Å². The number of hydrogen-bond donors (Lipinski definition) is 2. The van der Waals surface area contributed by atoms with Crippen molar-refractivity contribution in [1.82, 2.24) is 5.48 Å². The van der Waals surface area contributed by atoms with E-state index in [9.17, 15) is 5.11 Å². The zero-order chi connectivity index (χ0) is 12.5. The minimum atomic E-state index is -0.660.